The van der Waals surface area contributed by atoms with Gasteiger partial charge in [-0.25, -0.2) is 0 Å². The number of nitrogens with one attached hydrogen (secondary N) is 1. The molecule has 0 aromatic carbocycles. The van der Waals surface area contributed by atoms with E-state index in [0.717, 1.165) is 31.8 Å². The summed E-state index contributed by atoms with van der Waals surface area (Å²) in [7, 11) is 0. The monoisotopic (exact) mass is 250 g/mol. The van der Waals surface area contributed by atoms with E-state index in [2.05, 4.69) is 5.32 Å². The Balaban J connectivity index is 1.73. The fourth-order valence-corrected chi connectivity index (χ4v) is 3.15. The van der Waals surface area contributed by atoms with Crippen molar-refractivity contribution in [3.05, 3.63) is 0 Å². The van der Waals surface area contributed by atoms with E-state index in [1.54, 1.807) is 4.90 Å². The third-order valence-electron chi connectivity index (χ3n) is 4.09. The van der Waals surface area contributed by atoms with Crippen LogP contribution >= 0.6 is 0 Å². The van der Waals surface area contributed by atoms with Crippen molar-refractivity contribution in [2.45, 2.75) is 31.9 Å². The van der Waals surface area contributed by atoms with Crippen LogP contribution in [0.25, 0.3) is 0 Å². The molecule has 2 nitrogen and oxygen atoms in total. The number of hydrogen-bond donors (Lipinski definition) is 1. The van der Waals surface area contributed by atoms with Crippen molar-refractivity contribution >= 4 is 0 Å². The van der Waals surface area contributed by atoms with Crippen LogP contribution in [0.2, 0.25) is 0 Å². The van der Waals surface area contributed by atoms with Crippen molar-refractivity contribution in [1.29, 1.82) is 0 Å². The first-order valence-electron chi connectivity index (χ1n) is 6.54. The molecule has 100 valence electrons. The smallest absolute Gasteiger partial charge is 0.317 e. The van der Waals surface area contributed by atoms with Crippen LogP contribution < -0.4 is 5.32 Å². The van der Waals surface area contributed by atoms with Gasteiger partial charge in [0.05, 0.1) is 6.54 Å². The van der Waals surface area contributed by atoms with Gasteiger partial charge in [0.2, 0.25) is 0 Å². The van der Waals surface area contributed by atoms with Crippen LogP contribution in [-0.2, 0) is 0 Å². The SMILES string of the molecule is FC(F)(F)CN1CCC(C2CCNCC2)CC1. The Bertz CT molecular complexity index is 228. The van der Waals surface area contributed by atoms with E-state index in [1.807, 2.05) is 0 Å². The molecule has 0 aromatic heterocycles. The Morgan fingerprint density at radius 3 is 2.00 bits per heavy atom. The zero-order valence-corrected chi connectivity index (χ0v) is 10.1. The van der Waals surface area contributed by atoms with E-state index in [-0.39, 0.29) is 0 Å². The molecular formula is C12H21F3N2. The zero-order valence-electron chi connectivity index (χ0n) is 10.1. The highest BCUT2D eigenvalue weighted by Crippen LogP contribution is 2.31. The number of piperidine rings is 2. The summed E-state index contributed by atoms with van der Waals surface area (Å²) in [5.41, 5.74) is 0. The second kappa shape index (κ2) is 5.57. The summed E-state index contributed by atoms with van der Waals surface area (Å²) in [5.74, 6) is 1.39. The van der Waals surface area contributed by atoms with Gasteiger partial charge in [0.1, 0.15) is 0 Å². The largest absolute Gasteiger partial charge is 0.401 e. The fourth-order valence-electron chi connectivity index (χ4n) is 3.15. The lowest BCUT2D eigenvalue weighted by Gasteiger charge is -2.37. The van der Waals surface area contributed by atoms with Gasteiger partial charge < -0.3 is 5.32 Å². The van der Waals surface area contributed by atoms with Crippen molar-refractivity contribution in [3.63, 3.8) is 0 Å². The lowest BCUT2D eigenvalue weighted by atomic mass is 9.79. The lowest BCUT2D eigenvalue weighted by Crippen LogP contribution is -2.42. The second-order valence-corrected chi connectivity index (χ2v) is 5.32. The number of hydrogen-bond acceptors (Lipinski definition) is 2. The highest BCUT2D eigenvalue weighted by Gasteiger charge is 2.34. The molecular weight excluding hydrogens is 229 g/mol. The van der Waals surface area contributed by atoms with Crippen molar-refractivity contribution in [2.24, 2.45) is 11.8 Å². The van der Waals surface area contributed by atoms with Gasteiger partial charge in [0.15, 0.2) is 0 Å². The Hall–Kier alpha value is -0.290. The molecule has 2 rings (SSSR count). The quantitative estimate of drug-likeness (QED) is 0.808. The van der Waals surface area contributed by atoms with Crippen molar-refractivity contribution < 1.29 is 13.2 Å². The molecule has 0 radical (unpaired) electrons. The van der Waals surface area contributed by atoms with Crippen LogP contribution in [0.3, 0.4) is 0 Å². The molecule has 0 spiro atoms. The molecule has 0 unspecified atom stereocenters. The Morgan fingerprint density at radius 1 is 0.941 bits per heavy atom. The zero-order chi connectivity index (χ0) is 12.3. The Morgan fingerprint density at radius 2 is 1.47 bits per heavy atom. The van der Waals surface area contributed by atoms with Gasteiger partial charge in [-0.3, -0.25) is 4.90 Å². The maximum Gasteiger partial charge on any atom is 0.401 e. The van der Waals surface area contributed by atoms with E-state index in [0.29, 0.717) is 19.0 Å². The van der Waals surface area contributed by atoms with Gasteiger partial charge in [0.25, 0.3) is 0 Å². The van der Waals surface area contributed by atoms with Crippen molar-refractivity contribution in [1.82, 2.24) is 10.2 Å². The number of alkyl halides is 3. The number of nitrogens with zero attached hydrogens (tertiary/aromatic N) is 1. The summed E-state index contributed by atoms with van der Waals surface area (Å²) < 4.78 is 36.7. The number of halogens is 3. The third kappa shape index (κ3) is 4.14. The van der Waals surface area contributed by atoms with Crippen molar-refractivity contribution in [3.8, 4) is 0 Å². The summed E-state index contributed by atoms with van der Waals surface area (Å²) in [6.07, 6.45) is 0.247. The van der Waals surface area contributed by atoms with E-state index >= 15 is 0 Å². The van der Waals surface area contributed by atoms with Crippen molar-refractivity contribution in [2.75, 3.05) is 32.7 Å². The predicted molar refractivity (Wildman–Crippen MR) is 60.8 cm³/mol. The Kier molecular flexibility index (Phi) is 4.31. The normalized spacial score (nSPS) is 26.3. The van der Waals surface area contributed by atoms with Crippen LogP contribution in [0.4, 0.5) is 13.2 Å². The third-order valence-corrected chi connectivity index (χ3v) is 4.09. The van der Waals surface area contributed by atoms with E-state index in [1.165, 1.54) is 12.8 Å². The molecule has 0 amide bonds. The average molecular weight is 250 g/mol. The van der Waals surface area contributed by atoms with Crippen LogP contribution in [0.1, 0.15) is 25.7 Å². The first kappa shape index (κ1) is 13.1. The van der Waals surface area contributed by atoms with E-state index in [9.17, 15) is 13.2 Å². The molecule has 5 heteroatoms. The van der Waals surface area contributed by atoms with Crippen LogP contribution in [0.5, 0.6) is 0 Å². The summed E-state index contributed by atoms with van der Waals surface area (Å²) in [4.78, 5) is 1.55. The summed E-state index contributed by atoms with van der Waals surface area (Å²) >= 11 is 0. The Labute approximate surface area is 101 Å². The number of likely N-dealkylation sites (tertiary alicyclic amines) is 1. The minimum Gasteiger partial charge on any atom is -0.317 e. The molecule has 0 bridgehead atoms. The van der Waals surface area contributed by atoms with Gasteiger partial charge >= 0.3 is 6.18 Å². The standard InChI is InChI=1S/C12H21F3N2/c13-12(14,15)9-17-7-3-11(4-8-17)10-1-5-16-6-2-10/h10-11,16H,1-9H2. The summed E-state index contributed by atoms with van der Waals surface area (Å²) in [6, 6.07) is 0. The topological polar surface area (TPSA) is 15.3 Å². The molecule has 2 fully saturated rings. The second-order valence-electron chi connectivity index (χ2n) is 5.32. The van der Waals surface area contributed by atoms with E-state index < -0.39 is 12.7 Å². The molecule has 0 atom stereocenters. The molecule has 17 heavy (non-hydrogen) atoms. The minimum absolute atomic E-state index is 0.619. The maximum absolute atomic E-state index is 12.2. The highest BCUT2D eigenvalue weighted by atomic mass is 19.4. The molecule has 0 saturated carbocycles. The molecule has 2 saturated heterocycles. The highest BCUT2D eigenvalue weighted by molar-refractivity contribution is 4.81. The lowest BCUT2D eigenvalue weighted by molar-refractivity contribution is -0.149. The van der Waals surface area contributed by atoms with Crippen LogP contribution in [0, 0.1) is 11.8 Å². The van der Waals surface area contributed by atoms with Gasteiger partial charge in [0, 0.05) is 0 Å². The van der Waals surface area contributed by atoms with Gasteiger partial charge in [-0.05, 0) is 63.7 Å². The van der Waals surface area contributed by atoms with Gasteiger partial charge in [-0.2, -0.15) is 13.2 Å². The molecule has 2 heterocycles. The average Bonchev–Trinajstić information content (AvgIpc) is 2.29. The molecule has 0 aliphatic carbocycles. The summed E-state index contributed by atoms with van der Waals surface area (Å²) in [5, 5.41) is 3.33. The van der Waals surface area contributed by atoms with Crippen LogP contribution in [-0.4, -0.2) is 43.8 Å². The first-order valence-corrected chi connectivity index (χ1v) is 6.54. The molecule has 2 aliphatic rings. The first-order chi connectivity index (χ1) is 8.04. The van der Waals surface area contributed by atoms with Crippen LogP contribution in [0.15, 0.2) is 0 Å². The van der Waals surface area contributed by atoms with Gasteiger partial charge in [-0.15, -0.1) is 0 Å². The van der Waals surface area contributed by atoms with E-state index in [4.69, 9.17) is 0 Å². The molecule has 1 N–H and O–H groups in total. The number of rotatable bonds is 2. The fraction of sp³-hybridized carbons (Fsp3) is 1.00. The maximum atomic E-state index is 12.2. The van der Waals surface area contributed by atoms with Gasteiger partial charge in [-0.1, -0.05) is 0 Å². The molecule has 2 aliphatic heterocycles. The predicted octanol–water partition coefficient (Wildman–Crippen LogP) is 2.26. The summed E-state index contributed by atoms with van der Waals surface area (Å²) in [6.45, 7) is 2.66. The molecule has 0 aromatic rings. The minimum atomic E-state index is -4.04.